The van der Waals surface area contributed by atoms with Gasteiger partial charge in [0.05, 0.1) is 5.33 Å². The third kappa shape index (κ3) is 2.14. The third-order valence-corrected chi connectivity index (χ3v) is 2.88. The molecular formula is C9H6BrIN2O. The van der Waals surface area contributed by atoms with Crippen LogP contribution in [-0.4, -0.2) is 10.1 Å². The van der Waals surface area contributed by atoms with Crippen LogP contribution in [0.15, 0.2) is 28.8 Å². The fourth-order valence-corrected chi connectivity index (χ4v) is 1.61. The Balaban J connectivity index is 2.34. The number of halogens is 2. The fourth-order valence-electron chi connectivity index (χ4n) is 1.03. The number of hydrogen-bond acceptors (Lipinski definition) is 3. The Bertz CT molecular complexity index is 427. The molecule has 0 N–H and O–H groups in total. The second-order valence-corrected chi connectivity index (χ2v) is 4.46. The molecule has 14 heavy (non-hydrogen) atoms. The Morgan fingerprint density at radius 3 is 2.57 bits per heavy atom. The minimum Gasteiger partial charge on any atom is -0.338 e. The average Bonchev–Trinajstić information content (AvgIpc) is 2.67. The van der Waals surface area contributed by atoms with Gasteiger partial charge in [-0.05, 0) is 34.7 Å². The van der Waals surface area contributed by atoms with E-state index < -0.39 is 0 Å². The summed E-state index contributed by atoms with van der Waals surface area (Å²) in [5.74, 6) is 1.23. The van der Waals surface area contributed by atoms with E-state index in [1.165, 1.54) is 3.57 Å². The van der Waals surface area contributed by atoms with Gasteiger partial charge in [0, 0.05) is 9.13 Å². The lowest BCUT2D eigenvalue weighted by molar-refractivity contribution is 0.392. The average molecular weight is 365 g/mol. The molecule has 2 rings (SSSR count). The second-order valence-electron chi connectivity index (χ2n) is 2.65. The van der Waals surface area contributed by atoms with E-state index in [-0.39, 0.29) is 0 Å². The first-order valence-corrected chi connectivity index (χ1v) is 6.14. The summed E-state index contributed by atoms with van der Waals surface area (Å²) in [4.78, 5) is 4.20. The maximum atomic E-state index is 4.99. The highest BCUT2D eigenvalue weighted by molar-refractivity contribution is 14.1. The van der Waals surface area contributed by atoms with Crippen LogP contribution < -0.4 is 0 Å². The quantitative estimate of drug-likeness (QED) is 0.606. The lowest BCUT2D eigenvalue weighted by Gasteiger charge is -1.93. The molecule has 1 aromatic heterocycles. The predicted molar refractivity (Wildman–Crippen MR) is 65.1 cm³/mol. The van der Waals surface area contributed by atoms with Gasteiger partial charge in [-0.25, -0.2) is 0 Å². The third-order valence-electron chi connectivity index (χ3n) is 1.68. The van der Waals surface area contributed by atoms with Gasteiger partial charge in [-0.2, -0.15) is 4.98 Å². The zero-order valence-corrected chi connectivity index (χ0v) is 10.8. The molecule has 0 spiro atoms. The largest absolute Gasteiger partial charge is 0.338 e. The summed E-state index contributed by atoms with van der Waals surface area (Å²) in [6.45, 7) is 0. The molecule has 1 aromatic carbocycles. The van der Waals surface area contributed by atoms with Crippen molar-refractivity contribution in [1.29, 1.82) is 0 Å². The van der Waals surface area contributed by atoms with Crippen LogP contribution in [0.5, 0.6) is 0 Å². The van der Waals surface area contributed by atoms with Crippen LogP contribution in [-0.2, 0) is 5.33 Å². The van der Waals surface area contributed by atoms with Crippen LogP contribution in [0.25, 0.3) is 11.4 Å². The lowest BCUT2D eigenvalue weighted by Crippen LogP contribution is -1.81. The molecule has 5 heteroatoms. The van der Waals surface area contributed by atoms with E-state index in [1.54, 1.807) is 0 Å². The van der Waals surface area contributed by atoms with E-state index in [0.29, 0.717) is 17.0 Å². The molecule has 2 aromatic rings. The molecule has 72 valence electrons. The number of alkyl halides is 1. The predicted octanol–water partition coefficient (Wildman–Crippen LogP) is 3.24. The Morgan fingerprint density at radius 2 is 2.00 bits per heavy atom. The van der Waals surface area contributed by atoms with Crippen molar-refractivity contribution in [2.24, 2.45) is 0 Å². The van der Waals surface area contributed by atoms with E-state index in [0.717, 1.165) is 5.56 Å². The standard InChI is InChI=1S/C9H6BrIN2O/c10-5-8-12-9(13-14-8)6-1-3-7(11)4-2-6/h1-4H,5H2. The topological polar surface area (TPSA) is 38.9 Å². The normalized spacial score (nSPS) is 10.4. The van der Waals surface area contributed by atoms with Crippen molar-refractivity contribution in [2.75, 3.05) is 0 Å². The molecule has 0 unspecified atom stereocenters. The van der Waals surface area contributed by atoms with Crippen LogP contribution in [0.4, 0.5) is 0 Å². The number of rotatable bonds is 2. The molecule has 0 radical (unpaired) electrons. The lowest BCUT2D eigenvalue weighted by atomic mass is 10.2. The van der Waals surface area contributed by atoms with Gasteiger partial charge in [-0.3, -0.25) is 0 Å². The maximum Gasteiger partial charge on any atom is 0.237 e. The van der Waals surface area contributed by atoms with Crippen molar-refractivity contribution in [3.63, 3.8) is 0 Å². The first-order valence-electron chi connectivity index (χ1n) is 3.94. The van der Waals surface area contributed by atoms with Gasteiger partial charge >= 0.3 is 0 Å². The van der Waals surface area contributed by atoms with Crippen molar-refractivity contribution in [1.82, 2.24) is 10.1 Å². The summed E-state index contributed by atoms with van der Waals surface area (Å²) < 4.78 is 6.18. The summed E-state index contributed by atoms with van der Waals surface area (Å²) in [5, 5.41) is 4.46. The molecule has 3 nitrogen and oxygen atoms in total. The SMILES string of the molecule is BrCc1nc(-c2ccc(I)cc2)no1. The van der Waals surface area contributed by atoms with E-state index in [4.69, 9.17) is 4.52 Å². The van der Waals surface area contributed by atoms with Gasteiger partial charge in [0.25, 0.3) is 0 Å². The fraction of sp³-hybridized carbons (Fsp3) is 0.111. The summed E-state index contributed by atoms with van der Waals surface area (Å²) >= 11 is 5.51. The summed E-state index contributed by atoms with van der Waals surface area (Å²) in [6, 6.07) is 7.98. The van der Waals surface area contributed by atoms with Gasteiger partial charge in [0.2, 0.25) is 11.7 Å². The van der Waals surface area contributed by atoms with Gasteiger partial charge in [-0.1, -0.05) is 33.2 Å². The van der Waals surface area contributed by atoms with E-state index in [1.807, 2.05) is 24.3 Å². The summed E-state index contributed by atoms with van der Waals surface area (Å²) in [5.41, 5.74) is 0.973. The molecule has 0 aliphatic carbocycles. The molecule has 0 fully saturated rings. The van der Waals surface area contributed by atoms with Crippen molar-refractivity contribution < 1.29 is 4.52 Å². The number of aromatic nitrogens is 2. The van der Waals surface area contributed by atoms with Gasteiger partial charge in [0.1, 0.15) is 0 Å². The van der Waals surface area contributed by atoms with Gasteiger partial charge in [0.15, 0.2) is 0 Å². The van der Waals surface area contributed by atoms with Crippen molar-refractivity contribution in [3.8, 4) is 11.4 Å². The van der Waals surface area contributed by atoms with Crippen molar-refractivity contribution >= 4 is 38.5 Å². The maximum absolute atomic E-state index is 4.99. The van der Waals surface area contributed by atoms with Gasteiger partial charge in [-0.15, -0.1) is 0 Å². The summed E-state index contributed by atoms with van der Waals surface area (Å²) in [7, 11) is 0. The van der Waals surface area contributed by atoms with Crippen molar-refractivity contribution in [2.45, 2.75) is 5.33 Å². The Labute approximate surface area is 103 Å². The van der Waals surface area contributed by atoms with Crippen LogP contribution in [0.1, 0.15) is 5.89 Å². The zero-order chi connectivity index (χ0) is 9.97. The van der Waals surface area contributed by atoms with Gasteiger partial charge < -0.3 is 4.52 Å². The highest BCUT2D eigenvalue weighted by Gasteiger charge is 2.06. The molecule has 0 bridgehead atoms. The highest BCUT2D eigenvalue weighted by atomic mass is 127. The molecule has 0 aliphatic rings. The molecule has 0 saturated carbocycles. The Kier molecular flexibility index (Phi) is 3.17. The summed E-state index contributed by atoms with van der Waals surface area (Å²) in [6.07, 6.45) is 0. The zero-order valence-electron chi connectivity index (χ0n) is 7.08. The van der Waals surface area contributed by atoms with Crippen LogP contribution in [0.3, 0.4) is 0 Å². The highest BCUT2D eigenvalue weighted by Crippen LogP contribution is 2.17. The smallest absolute Gasteiger partial charge is 0.237 e. The second kappa shape index (κ2) is 4.39. The first-order chi connectivity index (χ1) is 6.79. The first kappa shape index (κ1) is 10.1. The van der Waals surface area contributed by atoms with E-state index in [2.05, 4.69) is 48.7 Å². The van der Waals surface area contributed by atoms with Crippen LogP contribution in [0.2, 0.25) is 0 Å². The molecular weight excluding hydrogens is 359 g/mol. The molecule has 1 heterocycles. The van der Waals surface area contributed by atoms with Crippen LogP contribution in [0, 0.1) is 3.57 Å². The van der Waals surface area contributed by atoms with Crippen LogP contribution >= 0.6 is 38.5 Å². The van der Waals surface area contributed by atoms with E-state index in [9.17, 15) is 0 Å². The Hall–Kier alpha value is -0.430. The molecule has 0 atom stereocenters. The van der Waals surface area contributed by atoms with Crippen molar-refractivity contribution in [3.05, 3.63) is 33.7 Å². The number of hydrogen-bond donors (Lipinski definition) is 0. The van der Waals surface area contributed by atoms with E-state index >= 15 is 0 Å². The minimum absolute atomic E-state index is 0.588. The number of benzene rings is 1. The Morgan fingerprint density at radius 1 is 1.29 bits per heavy atom. The molecule has 0 amide bonds. The monoisotopic (exact) mass is 364 g/mol. The molecule has 0 aliphatic heterocycles. The number of nitrogens with zero attached hydrogens (tertiary/aromatic N) is 2. The molecule has 0 saturated heterocycles. The minimum atomic E-state index is 0.588.